The van der Waals surface area contributed by atoms with E-state index in [1.807, 2.05) is 6.92 Å². The first kappa shape index (κ1) is 11.7. The van der Waals surface area contributed by atoms with Crippen molar-refractivity contribution in [3.63, 3.8) is 0 Å². The fraction of sp³-hybridized carbons (Fsp3) is 0.733. The van der Waals surface area contributed by atoms with E-state index in [2.05, 4.69) is 32.8 Å². The van der Waals surface area contributed by atoms with E-state index in [1.54, 1.807) is 0 Å². The largest absolute Gasteiger partial charge is 0.352 e. The third-order valence-corrected chi connectivity index (χ3v) is 4.74. The van der Waals surface area contributed by atoms with Gasteiger partial charge in [0.2, 0.25) is 0 Å². The Labute approximate surface area is 99.3 Å². The highest BCUT2D eigenvalue weighted by Crippen LogP contribution is 2.51. The third-order valence-electron chi connectivity index (χ3n) is 4.74. The molecule has 1 heterocycles. The fourth-order valence-corrected chi connectivity index (χ4v) is 3.19. The molecule has 0 aromatic heterocycles. The maximum atomic E-state index is 6.32. The van der Waals surface area contributed by atoms with E-state index in [1.165, 1.54) is 12.0 Å². The van der Waals surface area contributed by atoms with Crippen LogP contribution in [0.3, 0.4) is 0 Å². The predicted octanol–water partition coefficient (Wildman–Crippen LogP) is 3.55. The Balaban J connectivity index is 2.36. The lowest BCUT2D eigenvalue weighted by molar-refractivity contribution is -0.0886. The zero-order valence-corrected chi connectivity index (χ0v) is 10.8. The number of terminal acetylenes is 1. The third kappa shape index (κ3) is 1.52. The average molecular weight is 218 g/mol. The lowest BCUT2D eigenvalue weighted by atomic mass is 9.69. The monoisotopic (exact) mass is 218 g/mol. The Kier molecular flexibility index (Phi) is 2.67. The molecule has 0 aromatic rings. The van der Waals surface area contributed by atoms with Crippen LogP contribution in [0.5, 0.6) is 0 Å². The molecule has 0 N–H and O–H groups in total. The molecular formula is C15H22O. The van der Waals surface area contributed by atoms with Crippen molar-refractivity contribution in [2.24, 2.45) is 11.8 Å². The molecule has 2 aliphatic rings. The van der Waals surface area contributed by atoms with E-state index in [9.17, 15) is 0 Å². The van der Waals surface area contributed by atoms with Gasteiger partial charge in [-0.05, 0) is 50.5 Å². The van der Waals surface area contributed by atoms with Crippen molar-refractivity contribution in [2.75, 3.05) is 0 Å². The van der Waals surface area contributed by atoms with E-state index in [0.29, 0.717) is 11.8 Å². The molecule has 1 saturated heterocycles. The Morgan fingerprint density at radius 1 is 1.44 bits per heavy atom. The van der Waals surface area contributed by atoms with Gasteiger partial charge in [-0.1, -0.05) is 25.8 Å². The van der Waals surface area contributed by atoms with Crippen molar-refractivity contribution in [3.05, 3.63) is 11.6 Å². The van der Waals surface area contributed by atoms with Crippen LogP contribution in [0, 0.1) is 24.2 Å². The minimum atomic E-state index is -0.361. The Morgan fingerprint density at radius 2 is 2.12 bits per heavy atom. The van der Waals surface area contributed by atoms with Gasteiger partial charge in [-0.25, -0.2) is 0 Å². The highest BCUT2D eigenvalue weighted by atomic mass is 16.5. The summed E-state index contributed by atoms with van der Waals surface area (Å²) in [7, 11) is 0. The highest BCUT2D eigenvalue weighted by molar-refractivity contribution is 5.26. The molecule has 1 heteroatoms. The van der Waals surface area contributed by atoms with Gasteiger partial charge in [0.1, 0.15) is 5.60 Å². The van der Waals surface area contributed by atoms with Gasteiger partial charge >= 0.3 is 0 Å². The van der Waals surface area contributed by atoms with Crippen LogP contribution in [0.15, 0.2) is 11.6 Å². The highest BCUT2D eigenvalue weighted by Gasteiger charge is 2.52. The van der Waals surface area contributed by atoms with Crippen LogP contribution in [0.2, 0.25) is 0 Å². The molecule has 2 rings (SSSR count). The molecule has 1 aliphatic carbocycles. The molecule has 0 amide bonds. The molecule has 88 valence electrons. The second kappa shape index (κ2) is 3.64. The van der Waals surface area contributed by atoms with Gasteiger partial charge in [-0.15, -0.1) is 6.42 Å². The summed E-state index contributed by atoms with van der Waals surface area (Å²) in [6, 6.07) is 0. The van der Waals surface area contributed by atoms with Gasteiger partial charge in [0.25, 0.3) is 0 Å². The maximum Gasteiger partial charge on any atom is 0.126 e. The molecule has 1 aliphatic heterocycles. The van der Waals surface area contributed by atoms with Crippen molar-refractivity contribution in [2.45, 2.75) is 58.2 Å². The molecule has 0 aromatic carbocycles. The second-order valence-electron chi connectivity index (χ2n) is 5.76. The normalized spacial score (nSPS) is 47.8. The van der Waals surface area contributed by atoms with Gasteiger partial charge in [0.15, 0.2) is 0 Å². The Bertz CT molecular complexity index is 362. The van der Waals surface area contributed by atoms with Gasteiger partial charge in [0, 0.05) is 0 Å². The van der Waals surface area contributed by atoms with Gasteiger partial charge in [-0.3, -0.25) is 0 Å². The Hall–Kier alpha value is -0.740. The zero-order valence-electron chi connectivity index (χ0n) is 10.8. The van der Waals surface area contributed by atoms with E-state index in [4.69, 9.17) is 11.2 Å². The van der Waals surface area contributed by atoms with Crippen LogP contribution in [0.25, 0.3) is 0 Å². The molecule has 0 unspecified atom stereocenters. The van der Waals surface area contributed by atoms with Crippen LogP contribution in [0.1, 0.15) is 47.0 Å². The van der Waals surface area contributed by atoms with E-state index >= 15 is 0 Å². The fourth-order valence-electron chi connectivity index (χ4n) is 3.19. The van der Waals surface area contributed by atoms with Gasteiger partial charge < -0.3 is 4.74 Å². The van der Waals surface area contributed by atoms with Gasteiger partial charge in [-0.2, -0.15) is 0 Å². The van der Waals surface area contributed by atoms with Gasteiger partial charge in [0.05, 0.1) is 5.60 Å². The molecule has 0 saturated carbocycles. The zero-order chi connectivity index (χ0) is 12.0. The van der Waals surface area contributed by atoms with Crippen LogP contribution >= 0.6 is 0 Å². The van der Waals surface area contributed by atoms with Crippen LogP contribution < -0.4 is 0 Å². The first-order chi connectivity index (χ1) is 7.43. The van der Waals surface area contributed by atoms with Crippen molar-refractivity contribution >= 4 is 0 Å². The van der Waals surface area contributed by atoms with Crippen LogP contribution in [0.4, 0.5) is 0 Å². The predicted molar refractivity (Wildman–Crippen MR) is 67.0 cm³/mol. The van der Waals surface area contributed by atoms with Crippen molar-refractivity contribution in [1.29, 1.82) is 0 Å². The van der Waals surface area contributed by atoms with E-state index < -0.39 is 0 Å². The van der Waals surface area contributed by atoms with E-state index in [0.717, 1.165) is 12.8 Å². The van der Waals surface area contributed by atoms with E-state index in [-0.39, 0.29) is 11.2 Å². The minimum Gasteiger partial charge on any atom is -0.352 e. The molecular weight excluding hydrogens is 196 g/mol. The quantitative estimate of drug-likeness (QED) is 0.446. The Morgan fingerprint density at radius 3 is 2.69 bits per heavy atom. The molecule has 1 fully saturated rings. The SMILES string of the molecule is C#C[C@]1(C)CC[C@]2(O1)C(C)=CC[C@H](C)[C@H]2C. The number of hydrogen-bond donors (Lipinski definition) is 0. The summed E-state index contributed by atoms with van der Waals surface area (Å²) >= 11 is 0. The molecule has 1 spiro atoms. The maximum absolute atomic E-state index is 6.32. The number of rotatable bonds is 0. The first-order valence-corrected chi connectivity index (χ1v) is 6.29. The minimum absolute atomic E-state index is 0.0845. The first-order valence-electron chi connectivity index (χ1n) is 6.29. The smallest absolute Gasteiger partial charge is 0.126 e. The van der Waals surface area contributed by atoms with Crippen molar-refractivity contribution in [3.8, 4) is 12.3 Å². The lowest BCUT2D eigenvalue weighted by Crippen LogP contribution is -2.44. The van der Waals surface area contributed by atoms with Crippen molar-refractivity contribution < 1.29 is 4.74 Å². The summed E-state index contributed by atoms with van der Waals surface area (Å²) < 4.78 is 6.32. The van der Waals surface area contributed by atoms with Crippen molar-refractivity contribution in [1.82, 2.24) is 0 Å². The standard InChI is InChI=1S/C15H22O/c1-6-14(5)9-10-15(16-14)12(3)8-7-11(2)13(15)4/h1,8,11,13H,7,9-10H2,2-5H3/t11-,13+,14+,15-/m0/s1. The molecule has 0 radical (unpaired) electrons. The molecule has 4 atom stereocenters. The summed E-state index contributed by atoms with van der Waals surface area (Å²) in [6.45, 7) is 8.86. The number of ether oxygens (including phenoxy) is 1. The lowest BCUT2D eigenvalue weighted by Gasteiger charge is -2.43. The van der Waals surface area contributed by atoms with Crippen LogP contribution in [-0.4, -0.2) is 11.2 Å². The number of hydrogen-bond acceptors (Lipinski definition) is 1. The molecule has 1 nitrogen and oxygen atoms in total. The number of allylic oxidation sites excluding steroid dienone is 1. The molecule has 16 heavy (non-hydrogen) atoms. The summed E-state index contributed by atoms with van der Waals surface area (Å²) in [4.78, 5) is 0. The van der Waals surface area contributed by atoms with Crippen LogP contribution in [-0.2, 0) is 4.74 Å². The second-order valence-corrected chi connectivity index (χ2v) is 5.76. The average Bonchev–Trinajstić information content (AvgIpc) is 2.63. The topological polar surface area (TPSA) is 9.23 Å². The summed E-state index contributed by atoms with van der Waals surface area (Å²) in [5, 5.41) is 0. The summed E-state index contributed by atoms with van der Waals surface area (Å²) in [6.07, 6.45) is 11.1. The summed E-state index contributed by atoms with van der Waals surface area (Å²) in [5.74, 6) is 4.07. The summed E-state index contributed by atoms with van der Waals surface area (Å²) in [5.41, 5.74) is 0.941. The molecule has 0 bridgehead atoms.